The van der Waals surface area contributed by atoms with Gasteiger partial charge < -0.3 is 4.74 Å². The topological polar surface area (TPSA) is 41.6 Å². The summed E-state index contributed by atoms with van der Waals surface area (Å²) in [6.45, 7) is 4.31. The molecule has 20 heavy (non-hydrogen) atoms. The van der Waals surface area contributed by atoms with Crippen LogP contribution in [0.4, 0.5) is 0 Å². The molecule has 5 heteroatoms. The quantitative estimate of drug-likeness (QED) is 0.917. The highest BCUT2D eigenvalue weighted by atomic mass is 79.9. The average Bonchev–Trinajstić information content (AvgIpc) is 2.42. The van der Waals surface area contributed by atoms with E-state index in [0.717, 1.165) is 23.1 Å². The maximum absolute atomic E-state index is 12.3. The second kappa shape index (κ2) is 6.59. The number of halogens is 1. The zero-order valence-corrected chi connectivity index (χ0v) is 13.7. The lowest BCUT2D eigenvalue weighted by Gasteiger charge is -2.38. The molecule has 4 nitrogen and oxygen atoms in total. The lowest BCUT2D eigenvalue weighted by Crippen LogP contribution is -2.54. The fourth-order valence-electron chi connectivity index (χ4n) is 2.63. The molecule has 1 aromatic carbocycles. The Morgan fingerprint density at radius 3 is 2.55 bits per heavy atom. The summed E-state index contributed by atoms with van der Waals surface area (Å²) in [4.78, 5) is 12.3. The minimum Gasteiger partial charge on any atom is -0.496 e. The smallest absolute Gasteiger partial charge is 0.265 e. The summed E-state index contributed by atoms with van der Waals surface area (Å²) in [5.41, 5.74) is 3.66. The fourth-order valence-corrected chi connectivity index (χ4v) is 3.17. The third-order valence-corrected chi connectivity index (χ3v) is 4.46. The number of carbonyl (C=O) groups is 1. The third-order valence-electron chi connectivity index (χ3n) is 3.84. The molecule has 1 amide bonds. The second-order valence-corrected chi connectivity index (χ2v) is 6.18. The summed E-state index contributed by atoms with van der Waals surface area (Å²) < 4.78 is 5.96. The molecular formula is C15H21BrN2O2. The Balaban J connectivity index is 2.09. The standard InChI is InChI=1S/C15H21BrN2O2/c1-10-5-4-6-11(2)18(10)17-15(19)12-7-8-14(20-3)13(16)9-12/h7-11H,4-6H2,1-3H3,(H,17,19). The molecule has 1 N–H and O–H groups in total. The van der Waals surface area contributed by atoms with Crippen LogP contribution in [0.1, 0.15) is 43.5 Å². The van der Waals surface area contributed by atoms with Gasteiger partial charge in [-0.05, 0) is 60.8 Å². The molecule has 1 aliphatic rings. The molecule has 2 atom stereocenters. The van der Waals surface area contributed by atoms with Gasteiger partial charge in [0, 0.05) is 17.6 Å². The molecule has 2 rings (SSSR count). The number of carbonyl (C=O) groups excluding carboxylic acids is 1. The van der Waals surface area contributed by atoms with E-state index in [4.69, 9.17) is 4.74 Å². The van der Waals surface area contributed by atoms with Crippen molar-refractivity contribution in [3.8, 4) is 5.75 Å². The molecule has 1 saturated heterocycles. The Bertz CT molecular complexity index is 483. The molecule has 0 aliphatic carbocycles. The number of hydrogen-bond acceptors (Lipinski definition) is 3. The first-order valence-electron chi connectivity index (χ1n) is 6.95. The number of nitrogens with one attached hydrogen (secondary N) is 1. The first-order valence-corrected chi connectivity index (χ1v) is 7.75. The number of ether oxygens (including phenoxy) is 1. The largest absolute Gasteiger partial charge is 0.496 e. The van der Waals surface area contributed by atoms with Crippen molar-refractivity contribution in [2.24, 2.45) is 0 Å². The van der Waals surface area contributed by atoms with Crippen LogP contribution in [0.15, 0.2) is 22.7 Å². The van der Waals surface area contributed by atoms with Crippen molar-refractivity contribution < 1.29 is 9.53 Å². The predicted octanol–water partition coefficient (Wildman–Crippen LogP) is 3.37. The zero-order valence-electron chi connectivity index (χ0n) is 12.1. The van der Waals surface area contributed by atoms with Crippen LogP contribution in [0.5, 0.6) is 5.75 Å². The summed E-state index contributed by atoms with van der Waals surface area (Å²) in [6, 6.07) is 6.11. The average molecular weight is 341 g/mol. The van der Waals surface area contributed by atoms with Crippen LogP contribution in [-0.4, -0.2) is 30.1 Å². The molecule has 0 bridgehead atoms. The Morgan fingerprint density at radius 2 is 2.00 bits per heavy atom. The number of piperidine rings is 1. The number of benzene rings is 1. The van der Waals surface area contributed by atoms with Gasteiger partial charge in [-0.2, -0.15) is 0 Å². The van der Waals surface area contributed by atoms with Crippen molar-refractivity contribution in [3.05, 3.63) is 28.2 Å². The van der Waals surface area contributed by atoms with Gasteiger partial charge in [-0.15, -0.1) is 0 Å². The van der Waals surface area contributed by atoms with Gasteiger partial charge in [0.25, 0.3) is 5.91 Å². The Hall–Kier alpha value is -1.07. The van der Waals surface area contributed by atoms with Crippen LogP contribution >= 0.6 is 15.9 Å². The fraction of sp³-hybridized carbons (Fsp3) is 0.533. The number of methoxy groups -OCH3 is 1. The Morgan fingerprint density at radius 1 is 1.35 bits per heavy atom. The summed E-state index contributed by atoms with van der Waals surface area (Å²) in [7, 11) is 1.61. The number of hydrogen-bond donors (Lipinski definition) is 1. The van der Waals surface area contributed by atoms with Gasteiger partial charge >= 0.3 is 0 Å². The Labute approximate surface area is 128 Å². The monoisotopic (exact) mass is 340 g/mol. The van der Waals surface area contributed by atoms with E-state index in [-0.39, 0.29) is 5.91 Å². The van der Waals surface area contributed by atoms with Crippen LogP contribution < -0.4 is 10.2 Å². The molecule has 1 fully saturated rings. The van der Waals surface area contributed by atoms with Gasteiger partial charge in [-0.3, -0.25) is 10.2 Å². The van der Waals surface area contributed by atoms with Crippen LogP contribution in [0.25, 0.3) is 0 Å². The van der Waals surface area contributed by atoms with E-state index in [1.807, 2.05) is 0 Å². The molecular weight excluding hydrogens is 320 g/mol. The summed E-state index contributed by atoms with van der Waals surface area (Å²) >= 11 is 3.41. The van der Waals surface area contributed by atoms with Crippen LogP contribution in [0, 0.1) is 0 Å². The van der Waals surface area contributed by atoms with E-state index >= 15 is 0 Å². The van der Waals surface area contributed by atoms with Gasteiger partial charge in [-0.25, -0.2) is 5.01 Å². The van der Waals surface area contributed by atoms with Crippen molar-refractivity contribution in [1.29, 1.82) is 0 Å². The summed E-state index contributed by atoms with van der Waals surface area (Å²) in [6.07, 6.45) is 3.47. The first-order chi connectivity index (χ1) is 9.52. The molecule has 0 aromatic heterocycles. The molecule has 0 spiro atoms. The predicted molar refractivity (Wildman–Crippen MR) is 82.8 cm³/mol. The summed E-state index contributed by atoms with van der Waals surface area (Å²) in [5.74, 6) is 0.648. The van der Waals surface area contributed by atoms with Gasteiger partial charge in [0.1, 0.15) is 5.75 Å². The molecule has 0 radical (unpaired) electrons. The van der Waals surface area contributed by atoms with E-state index < -0.39 is 0 Å². The highest BCUT2D eigenvalue weighted by molar-refractivity contribution is 9.10. The molecule has 1 aliphatic heterocycles. The minimum atomic E-state index is -0.0750. The third kappa shape index (κ3) is 3.33. The van der Waals surface area contributed by atoms with E-state index in [1.165, 1.54) is 6.42 Å². The lowest BCUT2D eigenvalue weighted by atomic mass is 10.00. The van der Waals surface area contributed by atoms with E-state index in [0.29, 0.717) is 17.6 Å². The highest BCUT2D eigenvalue weighted by Gasteiger charge is 2.26. The van der Waals surface area contributed by atoms with Gasteiger partial charge in [-0.1, -0.05) is 6.42 Å². The van der Waals surface area contributed by atoms with Crippen LogP contribution in [0.2, 0.25) is 0 Å². The Kier molecular flexibility index (Phi) is 5.05. The van der Waals surface area contributed by atoms with E-state index in [1.54, 1.807) is 25.3 Å². The number of rotatable bonds is 3. The maximum atomic E-state index is 12.3. The highest BCUT2D eigenvalue weighted by Crippen LogP contribution is 2.26. The van der Waals surface area contributed by atoms with Crippen molar-refractivity contribution in [1.82, 2.24) is 10.4 Å². The van der Waals surface area contributed by atoms with E-state index in [9.17, 15) is 4.79 Å². The van der Waals surface area contributed by atoms with Crippen molar-refractivity contribution in [3.63, 3.8) is 0 Å². The normalized spacial score (nSPS) is 23.4. The first kappa shape index (κ1) is 15.3. The van der Waals surface area contributed by atoms with Crippen LogP contribution in [0.3, 0.4) is 0 Å². The lowest BCUT2D eigenvalue weighted by molar-refractivity contribution is 0.0369. The molecule has 1 heterocycles. The second-order valence-electron chi connectivity index (χ2n) is 5.33. The number of nitrogens with zero attached hydrogens (tertiary/aromatic N) is 1. The number of amides is 1. The zero-order chi connectivity index (χ0) is 14.7. The molecule has 2 unspecified atom stereocenters. The molecule has 0 saturated carbocycles. The minimum absolute atomic E-state index is 0.0750. The van der Waals surface area contributed by atoms with Gasteiger partial charge in [0.2, 0.25) is 0 Å². The van der Waals surface area contributed by atoms with Crippen LogP contribution in [-0.2, 0) is 0 Å². The maximum Gasteiger partial charge on any atom is 0.265 e. The van der Waals surface area contributed by atoms with E-state index in [2.05, 4.69) is 40.2 Å². The molecule has 1 aromatic rings. The van der Waals surface area contributed by atoms with Gasteiger partial charge in [0.15, 0.2) is 0 Å². The van der Waals surface area contributed by atoms with Crippen molar-refractivity contribution in [2.75, 3.05) is 7.11 Å². The van der Waals surface area contributed by atoms with Crippen molar-refractivity contribution in [2.45, 2.75) is 45.2 Å². The summed E-state index contributed by atoms with van der Waals surface area (Å²) in [5, 5.41) is 2.07. The van der Waals surface area contributed by atoms with Gasteiger partial charge in [0.05, 0.1) is 11.6 Å². The molecule has 110 valence electrons. The number of hydrazine groups is 1. The SMILES string of the molecule is COc1ccc(C(=O)NN2C(C)CCCC2C)cc1Br. The van der Waals surface area contributed by atoms with Crippen molar-refractivity contribution >= 4 is 21.8 Å².